The lowest BCUT2D eigenvalue weighted by Gasteiger charge is -2.22. The number of rotatable bonds is 3. The van der Waals surface area contributed by atoms with Crippen LogP contribution in [-0.2, 0) is 23.9 Å². The smallest absolute Gasteiger partial charge is 0.328 e. The van der Waals surface area contributed by atoms with Crippen LogP contribution in [0.4, 0.5) is 0 Å². The van der Waals surface area contributed by atoms with E-state index in [4.69, 9.17) is 0 Å². The molecular weight excluding hydrogens is 214 g/mol. The second-order valence-electron chi connectivity index (χ2n) is 3.55. The number of carbonyl (C=O) groups excluding carboxylic acids is 3. The average molecular weight is 229 g/mol. The van der Waals surface area contributed by atoms with Gasteiger partial charge in [-0.1, -0.05) is 0 Å². The van der Waals surface area contributed by atoms with Crippen molar-refractivity contribution in [1.82, 2.24) is 4.90 Å². The van der Waals surface area contributed by atoms with Crippen LogP contribution in [0.1, 0.15) is 19.8 Å². The van der Waals surface area contributed by atoms with E-state index in [-0.39, 0.29) is 12.5 Å². The lowest BCUT2D eigenvalue weighted by molar-refractivity contribution is -0.155. The molecule has 0 aromatic rings. The van der Waals surface area contributed by atoms with Gasteiger partial charge < -0.3 is 14.4 Å². The van der Waals surface area contributed by atoms with E-state index in [2.05, 4.69) is 9.47 Å². The van der Waals surface area contributed by atoms with Crippen LogP contribution in [0.25, 0.3) is 0 Å². The maximum Gasteiger partial charge on any atom is 0.328 e. The largest absolute Gasteiger partial charge is 0.467 e. The highest BCUT2D eigenvalue weighted by atomic mass is 16.5. The SMILES string of the molecule is COC(=O)[C@@H]1CCCN1C(=O)COC(C)=O. The molecule has 16 heavy (non-hydrogen) atoms. The first-order valence-electron chi connectivity index (χ1n) is 5.07. The molecular formula is C10H15NO5. The molecule has 0 saturated carbocycles. The van der Waals surface area contributed by atoms with Gasteiger partial charge in [-0.2, -0.15) is 0 Å². The van der Waals surface area contributed by atoms with Gasteiger partial charge in [0.05, 0.1) is 7.11 Å². The number of amides is 1. The minimum Gasteiger partial charge on any atom is -0.467 e. The Morgan fingerprint density at radius 3 is 2.62 bits per heavy atom. The average Bonchev–Trinajstić information content (AvgIpc) is 2.73. The van der Waals surface area contributed by atoms with Crippen molar-refractivity contribution in [1.29, 1.82) is 0 Å². The highest BCUT2D eigenvalue weighted by Crippen LogP contribution is 2.18. The minimum absolute atomic E-state index is 0.317. The van der Waals surface area contributed by atoms with Crippen LogP contribution >= 0.6 is 0 Å². The Hall–Kier alpha value is -1.59. The summed E-state index contributed by atoms with van der Waals surface area (Å²) in [6.07, 6.45) is 1.35. The van der Waals surface area contributed by atoms with E-state index in [0.29, 0.717) is 13.0 Å². The molecule has 0 aromatic carbocycles. The summed E-state index contributed by atoms with van der Waals surface area (Å²) in [4.78, 5) is 34.9. The lowest BCUT2D eigenvalue weighted by Crippen LogP contribution is -2.43. The van der Waals surface area contributed by atoms with Crippen LogP contribution in [0.2, 0.25) is 0 Å². The van der Waals surface area contributed by atoms with Crippen molar-refractivity contribution in [2.75, 3.05) is 20.3 Å². The van der Waals surface area contributed by atoms with Crippen LogP contribution < -0.4 is 0 Å². The maximum absolute atomic E-state index is 11.6. The molecule has 6 heteroatoms. The third kappa shape index (κ3) is 2.95. The lowest BCUT2D eigenvalue weighted by atomic mass is 10.2. The first kappa shape index (κ1) is 12.5. The Morgan fingerprint density at radius 2 is 2.06 bits per heavy atom. The molecule has 90 valence electrons. The van der Waals surface area contributed by atoms with Gasteiger partial charge in [-0.05, 0) is 12.8 Å². The summed E-state index contributed by atoms with van der Waals surface area (Å²) in [7, 11) is 1.29. The molecule has 1 atom stereocenters. The van der Waals surface area contributed by atoms with Crippen LogP contribution in [-0.4, -0.2) is 49.0 Å². The Kier molecular flexibility index (Phi) is 4.28. The number of hydrogen-bond acceptors (Lipinski definition) is 5. The molecule has 1 amide bonds. The summed E-state index contributed by atoms with van der Waals surface area (Å²) in [5.74, 6) is -1.29. The molecule has 0 radical (unpaired) electrons. The monoisotopic (exact) mass is 229 g/mol. The summed E-state index contributed by atoms with van der Waals surface area (Å²) >= 11 is 0. The molecule has 6 nitrogen and oxygen atoms in total. The van der Waals surface area contributed by atoms with Crippen molar-refractivity contribution in [3.63, 3.8) is 0 Å². The van der Waals surface area contributed by atoms with Crippen molar-refractivity contribution < 1.29 is 23.9 Å². The van der Waals surface area contributed by atoms with Crippen LogP contribution in [0.3, 0.4) is 0 Å². The quantitative estimate of drug-likeness (QED) is 0.622. The Labute approximate surface area is 93.5 Å². The zero-order valence-electron chi connectivity index (χ0n) is 9.39. The van der Waals surface area contributed by atoms with Gasteiger partial charge in [-0.25, -0.2) is 4.79 Å². The van der Waals surface area contributed by atoms with Gasteiger partial charge in [0.15, 0.2) is 6.61 Å². The van der Waals surface area contributed by atoms with Gasteiger partial charge in [-0.15, -0.1) is 0 Å². The van der Waals surface area contributed by atoms with Gasteiger partial charge in [0.25, 0.3) is 5.91 Å². The van der Waals surface area contributed by atoms with Crippen molar-refractivity contribution in [3.05, 3.63) is 0 Å². The van der Waals surface area contributed by atoms with E-state index in [1.807, 2.05) is 0 Å². The van der Waals surface area contributed by atoms with Gasteiger partial charge >= 0.3 is 11.9 Å². The molecule has 0 aliphatic carbocycles. The van der Waals surface area contributed by atoms with Crippen LogP contribution in [0.5, 0.6) is 0 Å². The fourth-order valence-electron chi connectivity index (χ4n) is 1.69. The second-order valence-corrected chi connectivity index (χ2v) is 3.55. The Bertz CT molecular complexity index is 302. The summed E-state index contributed by atoms with van der Waals surface area (Å²) in [6.45, 7) is 1.41. The third-order valence-electron chi connectivity index (χ3n) is 2.45. The molecule has 1 aliphatic heterocycles. The van der Waals surface area contributed by atoms with E-state index >= 15 is 0 Å². The van der Waals surface area contributed by atoms with Gasteiger partial charge in [0, 0.05) is 13.5 Å². The van der Waals surface area contributed by atoms with Crippen LogP contribution in [0.15, 0.2) is 0 Å². The van der Waals surface area contributed by atoms with Crippen molar-refractivity contribution in [2.45, 2.75) is 25.8 Å². The zero-order chi connectivity index (χ0) is 12.1. The predicted octanol–water partition coefficient (Wildman–Crippen LogP) is -0.287. The Balaban J connectivity index is 2.54. The Morgan fingerprint density at radius 1 is 1.38 bits per heavy atom. The minimum atomic E-state index is -0.534. The maximum atomic E-state index is 11.6. The highest BCUT2D eigenvalue weighted by Gasteiger charge is 2.34. The molecule has 1 saturated heterocycles. The molecule has 0 spiro atoms. The van der Waals surface area contributed by atoms with E-state index in [9.17, 15) is 14.4 Å². The summed E-state index contributed by atoms with van der Waals surface area (Å²) in [6, 6.07) is -0.534. The fraction of sp³-hybridized carbons (Fsp3) is 0.700. The first-order chi connectivity index (χ1) is 7.56. The molecule has 1 aliphatic rings. The van der Waals surface area contributed by atoms with E-state index in [1.165, 1.54) is 18.9 Å². The highest BCUT2D eigenvalue weighted by molar-refractivity contribution is 5.86. The first-order valence-corrected chi connectivity index (χ1v) is 5.07. The van der Waals surface area contributed by atoms with Crippen molar-refractivity contribution >= 4 is 17.8 Å². The molecule has 0 unspecified atom stereocenters. The van der Waals surface area contributed by atoms with E-state index < -0.39 is 18.0 Å². The standard InChI is InChI=1S/C10H15NO5/c1-7(12)16-6-9(13)11-5-3-4-8(11)10(14)15-2/h8H,3-6H2,1-2H3/t8-/m0/s1. The predicted molar refractivity (Wildman–Crippen MR) is 53.4 cm³/mol. The fourth-order valence-corrected chi connectivity index (χ4v) is 1.69. The van der Waals surface area contributed by atoms with Gasteiger partial charge in [0.1, 0.15) is 6.04 Å². The number of likely N-dealkylation sites (tertiary alicyclic amines) is 1. The molecule has 0 N–H and O–H groups in total. The number of ether oxygens (including phenoxy) is 2. The van der Waals surface area contributed by atoms with Crippen molar-refractivity contribution in [2.24, 2.45) is 0 Å². The number of methoxy groups -OCH3 is 1. The van der Waals surface area contributed by atoms with Crippen LogP contribution in [0, 0.1) is 0 Å². The molecule has 0 aromatic heterocycles. The molecule has 1 heterocycles. The number of hydrogen-bond donors (Lipinski definition) is 0. The molecule has 1 fully saturated rings. The number of carbonyl (C=O) groups is 3. The normalized spacial score (nSPS) is 19.4. The number of nitrogens with zero attached hydrogens (tertiary/aromatic N) is 1. The van der Waals surface area contributed by atoms with Gasteiger partial charge in [0.2, 0.25) is 0 Å². The third-order valence-corrected chi connectivity index (χ3v) is 2.45. The number of esters is 2. The summed E-state index contributed by atoms with van der Waals surface area (Å²) < 4.78 is 9.20. The van der Waals surface area contributed by atoms with E-state index in [1.54, 1.807) is 0 Å². The summed E-state index contributed by atoms with van der Waals surface area (Å²) in [5.41, 5.74) is 0. The molecule has 0 bridgehead atoms. The molecule has 1 rings (SSSR count). The van der Waals surface area contributed by atoms with E-state index in [0.717, 1.165) is 6.42 Å². The zero-order valence-corrected chi connectivity index (χ0v) is 9.39. The van der Waals surface area contributed by atoms with Gasteiger partial charge in [-0.3, -0.25) is 9.59 Å². The summed E-state index contributed by atoms with van der Waals surface area (Å²) in [5, 5.41) is 0. The van der Waals surface area contributed by atoms with Crippen molar-refractivity contribution in [3.8, 4) is 0 Å². The topological polar surface area (TPSA) is 72.9 Å². The second kappa shape index (κ2) is 5.48.